The molecule has 1 atom stereocenters. The number of rotatable bonds is 3. The van der Waals surface area contributed by atoms with Crippen molar-refractivity contribution in [2.75, 3.05) is 39.3 Å². The molecular weight excluding hydrogens is 222 g/mol. The number of nitrogens with two attached hydrogens (primary N) is 1. The molecule has 0 aliphatic carbocycles. The lowest BCUT2D eigenvalue weighted by atomic mass is 9.80. The first-order chi connectivity index (χ1) is 8.45. The molecule has 3 nitrogen and oxygen atoms in total. The monoisotopic (exact) mass is 253 g/mol. The molecule has 106 valence electrons. The Morgan fingerprint density at radius 1 is 0.944 bits per heavy atom. The Morgan fingerprint density at radius 3 is 2.06 bits per heavy atom. The minimum Gasteiger partial charge on any atom is -0.328 e. The summed E-state index contributed by atoms with van der Waals surface area (Å²) >= 11 is 0. The lowest BCUT2D eigenvalue weighted by molar-refractivity contribution is 0.175. The van der Waals surface area contributed by atoms with Gasteiger partial charge in [-0.3, -0.25) is 0 Å². The van der Waals surface area contributed by atoms with Gasteiger partial charge in [0.15, 0.2) is 0 Å². The molecule has 1 unspecified atom stereocenters. The third-order valence-corrected chi connectivity index (χ3v) is 4.86. The Balaban J connectivity index is 1.66. The topological polar surface area (TPSA) is 32.5 Å². The number of hydrogen-bond acceptors (Lipinski definition) is 3. The van der Waals surface area contributed by atoms with Gasteiger partial charge in [0.2, 0.25) is 0 Å². The van der Waals surface area contributed by atoms with Crippen molar-refractivity contribution >= 4 is 0 Å². The first-order valence-corrected chi connectivity index (χ1v) is 7.65. The van der Waals surface area contributed by atoms with E-state index in [0.717, 1.165) is 5.92 Å². The summed E-state index contributed by atoms with van der Waals surface area (Å²) in [7, 11) is 0. The normalized spacial score (nSPS) is 29.0. The Kier molecular flexibility index (Phi) is 4.68. The fourth-order valence-corrected chi connectivity index (χ4v) is 3.20. The molecule has 0 amide bonds. The van der Waals surface area contributed by atoms with Crippen molar-refractivity contribution in [3.63, 3.8) is 0 Å². The highest BCUT2D eigenvalue weighted by Gasteiger charge is 2.31. The molecule has 0 aromatic heterocycles. The molecule has 2 N–H and O–H groups in total. The van der Waals surface area contributed by atoms with Crippen LogP contribution in [0, 0.1) is 11.3 Å². The lowest BCUT2D eigenvalue weighted by Crippen LogP contribution is -2.43. The molecule has 0 bridgehead atoms. The molecule has 0 saturated carbocycles. The molecule has 2 heterocycles. The Labute approximate surface area is 113 Å². The summed E-state index contributed by atoms with van der Waals surface area (Å²) in [6, 6.07) is 0.457. The Hall–Kier alpha value is -0.120. The minimum absolute atomic E-state index is 0.457. The zero-order chi connectivity index (χ0) is 13.2. The third-order valence-electron chi connectivity index (χ3n) is 4.86. The van der Waals surface area contributed by atoms with Gasteiger partial charge in [0.25, 0.3) is 0 Å². The van der Waals surface area contributed by atoms with Crippen LogP contribution in [0.1, 0.15) is 40.0 Å². The highest BCUT2D eigenvalue weighted by atomic mass is 15.2. The summed E-state index contributed by atoms with van der Waals surface area (Å²) in [6.07, 6.45) is 3.75. The van der Waals surface area contributed by atoms with E-state index < -0.39 is 0 Å². The maximum Gasteiger partial charge on any atom is 0.0109 e. The van der Waals surface area contributed by atoms with Crippen molar-refractivity contribution in [3.8, 4) is 0 Å². The van der Waals surface area contributed by atoms with E-state index in [-0.39, 0.29) is 0 Å². The van der Waals surface area contributed by atoms with E-state index in [1.807, 2.05) is 0 Å². The SMILES string of the molecule is CC(C)(C)C1CCN(CCN2CCC(N)CC2)C1. The first-order valence-electron chi connectivity index (χ1n) is 7.65. The number of nitrogens with zero attached hydrogens (tertiary/aromatic N) is 2. The standard InChI is InChI=1S/C15H31N3/c1-15(2,3)13-4-7-18(12-13)11-10-17-8-5-14(16)6-9-17/h13-14H,4-12,16H2,1-3H3. The molecule has 2 saturated heterocycles. The average molecular weight is 253 g/mol. The van der Waals surface area contributed by atoms with Crippen LogP contribution in [-0.4, -0.2) is 55.1 Å². The van der Waals surface area contributed by atoms with Crippen LogP contribution in [0.15, 0.2) is 0 Å². The molecule has 2 aliphatic heterocycles. The highest BCUT2D eigenvalue weighted by Crippen LogP contribution is 2.33. The van der Waals surface area contributed by atoms with Crippen molar-refractivity contribution in [2.24, 2.45) is 17.1 Å². The zero-order valence-electron chi connectivity index (χ0n) is 12.5. The van der Waals surface area contributed by atoms with Crippen molar-refractivity contribution < 1.29 is 0 Å². The van der Waals surface area contributed by atoms with E-state index in [9.17, 15) is 0 Å². The van der Waals surface area contributed by atoms with Crippen molar-refractivity contribution in [2.45, 2.75) is 46.1 Å². The lowest BCUT2D eigenvalue weighted by Gasteiger charge is -2.32. The molecule has 2 aliphatic rings. The summed E-state index contributed by atoms with van der Waals surface area (Å²) in [5, 5.41) is 0. The minimum atomic E-state index is 0.457. The summed E-state index contributed by atoms with van der Waals surface area (Å²) in [4.78, 5) is 5.25. The van der Waals surface area contributed by atoms with Crippen LogP contribution >= 0.6 is 0 Å². The van der Waals surface area contributed by atoms with E-state index in [2.05, 4.69) is 30.6 Å². The first kappa shape index (κ1) is 14.3. The summed E-state index contributed by atoms with van der Waals surface area (Å²) in [5.41, 5.74) is 6.42. The smallest absolute Gasteiger partial charge is 0.0109 e. The fourth-order valence-electron chi connectivity index (χ4n) is 3.20. The highest BCUT2D eigenvalue weighted by molar-refractivity contribution is 4.84. The molecule has 0 radical (unpaired) electrons. The molecular formula is C15H31N3. The van der Waals surface area contributed by atoms with E-state index in [1.165, 1.54) is 58.5 Å². The van der Waals surface area contributed by atoms with Gasteiger partial charge in [0, 0.05) is 25.7 Å². The van der Waals surface area contributed by atoms with Crippen LogP contribution < -0.4 is 5.73 Å². The van der Waals surface area contributed by atoms with Gasteiger partial charge in [-0.2, -0.15) is 0 Å². The summed E-state index contributed by atoms with van der Waals surface area (Å²) in [6.45, 7) is 14.7. The number of hydrogen-bond donors (Lipinski definition) is 1. The van der Waals surface area contributed by atoms with Crippen LogP contribution in [0.5, 0.6) is 0 Å². The quantitative estimate of drug-likeness (QED) is 0.832. The third kappa shape index (κ3) is 3.94. The molecule has 3 heteroatoms. The van der Waals surface area contributed by atoms with Gasteiger partial charge in [0.05, 0.1) is 0 Å². The van der Waals surface area contributed by atoms with Crippen LogP contribution in [0.4, 0.5) is 0 Å². The van der Waals surface area contributed by atoms with Crippen LogP contribution in [0.3, 0.4) is 0 Å². The Morgan fingerprint density at radius 2 is 1.50 bits per heavy atom. The molecule has 0 spiro atoms. The number of likely N-dealkylation sites (tertiary alicyclic amines) is 2. The van der Waals surface area contributed by atoms with Gasteiger partial charge in [-0.15, -0.1) is 0 Å². The van der Waals surface area contributed by atoms with Gasteiger partial charge in [0.1, 0.15) is 0 Å². The van der Waals surface area contributed by atoms with Gasteiger partial charge in [-0.1, -0.05) is 20.8 Å². The van der Waals surface area contributed by atoms with Crippen molar-refractivity contribution in [3.05, 3.63) is 0 Å². The zero-order valence-corrected chi connectivity index (χ0v) is 12.5. The maximum absolute atomic E-state index is 5.94. The van der Waals surface area contributed by atoms with E-state index >= 15 is 0 Å². The van der Waals surface area contributed by atoms with Crippen molar-refractivity contribution in [1.29, 1.82) is 0 Å². The van der Waals surface area contributed by atoms with Crippen molar-refractivity contribution in [1.82, 2.24) is 9.80 Å². The van der Waals surface area contributed by atoms with Crippen LogP contribution in [0.25, 0.3) is 0 Å². The maximum atomic E-state index is 5.94. The van der Waals surface area contributed by atoms with Crippen LogP contribution in [0.2, 0.25) is 0 Å². The average Bonchev–Trinajstić information content (AvgIpc) is 2.77. The molecule has 2 rings (SSSR count). The van der Waals surface area contributed by atoms with Gasteiger partial charge < -0.3 is 15.5 Å². The predicted molar refractivity (Wildman–Crippen MR) is 77.7 cm³/mol. The second-order valence-corrected chi connectivity index (χ2v) is 7.33. The van der Waals surface area contributed by atoms with Crippen LogP contribution in [-0.2, 0) is 0 Å². The van der Waals surface area contributed by atoms with E-state index in [1.54, 1.807) is 0 Å². The second kappa shape index (κ2) is 5.89. The van der Waals surface area contributed by atoms with E-state index in [0.29, 0.717) is 11.5 Å². The Bertz CT molecular complexity index is 251. The second-order valence-electron chi connectivity index (χ2n) is 7.33. The van der Waals surface area contributed by atoms with Gasteiger partial charge in [-0.25, -0.2) is 0 Å². The molecule has 18 heavy (non-hydrogen) atoms. The summed E-state index contributed by atoms with van der Waals surface area (Å²) < 4.78 is 0. The summed E-state index contributed by atoms with van der Waals surface area (Å²) in [5.74, 6) is 0.882. The van der Waals surface area contributed by atoms with Gasteiger partial charge >= 0.3 is 0 Å². The largest absolute Gasteiger partial charge is 0.328 e. The number of piperidine rings is 1. The van der Waals surface area contributed by atoms with Gasteiger partial charge in [-0.05, 0) is 50.2 Å². The predicted octanol–water partition coefficient (Wildman–Crippen LogP) is 1.78. The molecule has 0 aromatic rings. The van der Waals surface area contributed by atoms with E-state index in [4.69, 9.17) is 5.73 Å². The molecule has 2 fully saturated rings. The fraction of sp³-hybridized carbons (Fsp3) is 1.00. The molecule has 0 aromatic carbocycles.